The summed E-state index contributed by atoms with van der Waals surface area (Å²) in [5, 5.41) is 2.25. The Balaban J connectivity index is 1.79. The maximum Gasteiger partial charge on any atom is 0.230 e. The first kappa shape index (κ1) is 19.4. The first-order chi connectivity index (χ1) is 13.5. The molecular weight excluding hydrogens is 379 g/mol. The van der Waals surface area contributed by atoms with Crippen molar-refractivity contribution in [2.45, 2.75) is 6.92 Å². The number of amides is 1. The van der Waals surface area contributed by atoms with E-state index in [2.05, 4.69) is 4.98 Å². The average Bonchev–Trinajstić information content (AvgIpc) is 3.15. The zero-order chi connectivity index (χ0) is 20.1. The predicted octanol–water partition coefficient (Wildman–Crippen LogP) is 4.87. The van der Waals surface area contributed by atoms with Gasteiger partial charge in [0.25, 0.3) is 0 Å². The van der Waals surface area contributed by atoms with E-state index in [1.54, 1.807) is 42.8 Å². The van der Waals surface area contributed by atoms with Gasteiger partial charge in [-0.1, -0.05) is 0 Å². The molecule has 2 aromatic carbocycles. The van der Waals surface area contributed by atoms with Crippen LogP contribution in [-0.2, 0) is 4.79 Å². The molecule has 28 heavy (non-hydrogen) atoms. The third-order valence-corrected chi connectivity index (χ3v) is 4.72. The van der Waals surface area contributed by atoms with Crippen molar-refractivity contribution in [2.75, 3.05) is 12.0 Å². The summed E-state index contributed by atoms with van der Waals surface area (Å²) in [7, 11) is 1.57. The molecule has 1 heterocycles. The maximum absolute atomic E-state index is 12.9. The zero-order valence-corrected chi connectivity index (χ0v) is 16.1. The van der Waals surface area contributed by atoms with Gasteiger partial charge < -0.3 is 4.74 Å². The summed E-state index contributed by atoms with van der Waals surface area (Å²) >= 11 is 1.29. The second kappa shape index (κ2) is 8.58. The minimum absolute atomic E-state index is 0.183. The molecule has 5 nitrogen and oxygen atoms in total. The molecular formula is C21H17FN2O3S. The van der Waals surface area contributed by atoms with Gasteiger partial charge in [-0.05, 0) is 60.7 Å². The topological polar surface area (TPSA) is 59.5 Å². The van der Waals surface area contributed by atoms with Crippen molar-refractivity contribution in [2.24, 2.45) is 0 Å². The summed E-state index contributed by atoms with van der Waals surface area (Å²) in [6, 6.07) is 12.4. The van der Waals surface area contributed by atoms with E-state index in [9.17, 15) is 14.0 Å². The Labute approximate surface area is 165 Å². The van der Waals surface area contributed by atoms with Crippen molar-refractivity contribution in [1.82, 2.24) is 4.98 Å². The molecule has 0 atom stereocenters. The number of nitrogens with zero attached hydrogens (tertiary/aromatic N) is 2. The number of aromatic nitrogens is 1. The summed E-state index contributed by atoms with van der Waals surface area (Å²) in [5.74, 6) is -0.146. The fraction of sp³-hybridized carbons (Fsp3) is 0.0952. The highest BCUT2D eigenvalue weighted by molar-refractivity contribution is 7.14. The van der Waals surface area contributed by atoms with Gasteiger partial charge in [0.1, 0.15) is 11.6 Å². The number of allylic oxidation sites excluding steroid dienone is 1. The van der Waals surface area contributed by atoms with E-state index in [0.29, 0.717) is 27.8 Å². The van der Waals surface area contributed by atoms with Crippen LogP contribution in [-0.4, -0.2) is 23.8 Å². The van der Waals surface area contributed by atoms with Gasteiger partial charge in [0, 0.05) is 17.9 Å². The monoisotopic (exact) mass is 396 g/mol. The van der Waals surface area contributed by atoms with Gasteiger partial charge in [0.15, 0.2) is 10.9 Å². The van der Waals surface area contributed by atoms with Crippen molar-refractivity contribution < 1.29 is 18.7 Å². The Morgan fingerprint density at radius 3 is 2.39 bits per heavy atom. The number of methoxy groups -OCH3 is 1. The van der Waals surface area contributed by atoms with Crippen LogP contribution in [0.5, 0.6) is 5.75 Å². The highest BCUT2D eigenvalue weighted by Gasteiger charge is 2.17. The lowest BCUT2D eigenvalue weighted by Crippen LogP contribution is -2.22. The van der Waals surface area contributed by atoms with E-state index in [1.807, 2.05) is 0 Å². The van der Waals surface area contributed by atoms with Crippen LogP contribution in [0.15, 0.2) is 60.0 Å². The Bertz CT molecular complexity index is 1010. The minimum atomic E-state index is -0.396. The molecule has 0 N–H and O–H groups in total. The van der Waals surface area contributed by atoms with E-state index < -0.39 is 5.82 Å². The minimum Gasteiger partial charge on any atom is -0.497 e. The van der Waals surface area contributed by atoms with Crippen LogP contribution >= 0.6 is 11.3 Å². The number of ether oxygens (including phenoxy) is 1. The lowest BCUT2D eigenvalue weighted by molar-refractivity contribution is -0.115. The lowest BCUT2D eigenvalue weighted by atomic mass is 10.1. The molecule has 3 aromatic rings. The molecule has 0 saturated carbocycles. The van der Waals surface area contributed by atoms with Crippen LogP contribution in [0, 0.1) is 5.82 Å². The van der Waals surface area contributed by atoms with E-state index >= 15 is 0 Å². The van der Waals surface area contributed by atoms with Crippen LogP contribution < -0.4 is 9.64 Å². The molecule has 0 bridgehead atoms. The molecule has 0 saturated heterocycles. The number of halogens is 1. The molecule has 0 spiro atoms. The Morgan fingerprint density at radius 2 is 1.79 bits per heavy atom. The predicted molar refractivity (Wildman–Crippen MR) is 108 cm³/mol. The molecule has 0 unspecified atom stereocenters. The quantitative estimate of drug-likeness (QED) is 0.440. The van der Waals surface area contributed by atoms with Crippen molar-refractivity contribution in [3.05, 3.63) is 77.1 Å². The summed E-state index contributed by atoms with van der Waals surface area (Å²) in [5.41, 5.74) is 1.60. The van der Waals surface area contributed by atoms with Gasteiger partial charge in [-0.15, -0.1) is 11.3 Å². The second-order valence-electron chi connectivity index (χ2n) is 5.81. The number of rotatable bonds is 6. The maximum atomic E-state index is 12.9. The van der Waals surface area contributed by atoms with Gasteiger partial charge in [0.05, 0.1) is 18.5 Å². The third-order valence-electron chi connectivity index (χ3n) is 3.88. The zero-order valence-electron chi connectivity index (χ0n) is 15.3. The summed E-state index contributed by atoms with van der Waals surface area (Å²) in [6.07, 6.45) is 2.94. The van der Waals surface area contributed by atoms with Gasteiger partial charge in [0.2, 0.25) is 5.91 Å². The molecule has 0 aliphatic carbocycles. The highest BCUT2D eigenvalue weighted by atomic mass is 32.1. The number of benzene rings is 2. The molecule has 3 rings (SSSR count). The average molecular weight is 396 g/mol. The van der Waals surface area contributed by atoms with Crippen LogP contribution in [0.1, 0.15) is 23.0 Å². The molecule has 0 aliphatic rings. The number of carbonyl (C=O) groups excluding carboxylic acids is 2. The summed E-state index contributed by atoms with van der Waals surface area (Å²) in [4.78, 5) is 30.2. The second-order valence-corrected chi connectivity index (χ2v) is 6.65. The lowest BCUT2D eigenvalue weighted by Gasteiger charge is -2.18. The van der Waals surface area contributed by atoms with Gasteiger partial charge in [-0.3, -0.25) is 14.5 Å². The van der Waals surface area contributed by atoms with Crippen molar-refractivity contribution in [3.8, 4) is 5.75 Å². The molecule has 7 heteroatoms. The van der Waals surface area contributed by atoms with Crippen LogP contribution in [0.2, 0.25) is 0 Å². The molecule has 1 amide bonds. The van der Waals surface area contributed by atoms with Gasteiger partial charge in [-0.2, -0.15) is 0 Å². The molecule has 0 aliphatic heterocycles. The Morgan fingerprint density at radius 1 is 1.11 bits per heavy atom. The van der Waals surface area contributed by atoms with E-state index in [0.717, 1.165) is 0 Å². The number of hydrogen-bond acceptors (Lipinski definition) is 5. The smallest absolute Gasteiger partial charge is 0.230 e. The number of hydrogen-bond donors (Lipinski definition) is 0. The fourth-order valence-electron chi connectivity index (χ4n) is 2.49. The van der Waals surface area contributed by atoms with E-state index in [-0.39, 0.29) is 11.7 Å². The highest BCUT2D eigenvalue weighted by Crippen LogP contribution is 2.30. The molecule has 142 valence electrons. The SMILES string of the molecule is COc1ccc(N(C(C)=O)c2nc(/C=C/C(=O)c3ccc(F)cc3)cs2)cc1. The summed E-state index contributed by atoms with van der Waals surface area (Å²) in [6.45, 7) is 1.46. The third kappa shape index (κ3) is 4.50. The van der Waals surface area contributed by atoms with Crippen LogP contribution in [0.3, 0.4) is 0 Å². The van der Waals surface area contributed by atoms with E-state index in [1.165, 1.54) is 53.5 Å². The molecule has 1 aromatic heterocycles. The number of carbonyl (C=O) groups is 2. The van der Waals surface area contributed by atoms with Gasteiger partial charge in [-0.25, -0.2) is 9.37 Å². The normalized spacial score (nSPS) is 10.8. The number of anilines is 2. The van der Waals surface area contributed by atoms with Crippen molar-refractivity contribution in [1.29, 1.82) is 0 Å². The number of thiazole rings is 1. The number of ketones is 1. The van der Waals surface area contributed by atoms with Gasteiger partial charge >= 0.3 is 0 Å². The van der Waals surface area contributed by atoms with Crippen LogP contribution in [0.25, 0.3) is 6.08 Å². The standard InChI is InChI=1S/C21H17FN2O3S/c1-14(25)24(18-8-10-19(27-2)11-9-18)21-23-17(13-28-21)7-12-20(26)15-3-5-16(22)6-4-15/h3-13H,1-2H3/b12-7+. The molecule has 0 radical (unpaired) electrons. The fourth-order valence-corrected chi connectivity index (χ4v) is 3.34. The largest absolute Gasteiger partial charge is 0.497 e. The first-order valence-electron chi connectivity index (χ1n) is 8.36. The van der Waals surface area contributed by atoms with Crippen LogP contribution in [0.4, 0.5) is 15.2 Å². The van der Waals surface area contributed by atoms with Crippen molar-refractivity contribution >= 4 is 39.9 Å². The molecule has 0 fully saturated rings. The Hall–Kier alpha value is -3.32. The van der Waals surface area contributed by atoms with Crippen molar-refractivity contribution in [3.63, 3.8) is 0 Å². The summed E-state index contributed by atoms with van der Waals surface area (Å²) < 4.78 is 18.1. The Kier molecular flexibility index (Phi) is 5.96. The van der Waals surface area contributed by atoms with E-state index in [4.69, 9.17) is 4.74 Å². The first-order valence-corrected chi connectivity index (χ1v) is 9.24.